The SMILES string of the molecule is O=C(NN1C(=O)/C(=C\c2ccc(OCc3ccc(Br)cc3)cc2)SC1=S)c1ccc(Cl)cc1. The Morgan fingerprint density at radius 1 is 1.06 bits per heavy atom. The van der Waals surface area contributed by atoms with E-state index in [9.17, 15) is 9.59 Å². The van der Waals surface area contributed by atoms with Crippen LogP contribution in [0.2, 0.25) is 5.02 Å². The van der Waals surface area contributed by atoms with E-state index in [0.29, 0.717) is 22.1 Å². The number of rotatable bonds is 6. The van der Waals surface area contributed by atoms with Crippen LogP contribution in [0.25, 0.3) is 6.08 Å². The van der Waals surface area contributed by atoms with Crippen LogP contribution in [-0.2, 0) is 11.4 Å². The maximum Gasteiger partial charge on any atom is 0.285 e. The highest BCUT2D eigenvalue weighted by Crippen LogP contribution is 2.32. The van der Waals surface area contributed by atoms with Crippen molar-refractivity contribution in [2.45, 2.75) is 6.61 Å². The number of hydrogen-bond donors (Lipinski definition) is 1. The van der Waals surface area contributed by atoms with Gasteiger partial charge in [-0.15, -0.1) is 0 Å². The molecule has 0 radical (unpaired) electrons. The highest BCUT2D eigenvalue weighted by molar-refractivity contribution is 9.10. The number of ether oxygens (including phenoxy) is 1. The molecule has 1 aliphatic heterocycles. The fourth-order valence-corrected chi connectivity index (χ4v) is 4.46. The van der Waals surface area contributed by atoms with Crippen LogP contribution < -0.4 is 10.2 Å². The van der Waals surface area contributed by atoms with Crippen LogP contribution in [-0.4, -0.2) is 21.1 Å². The van der Waals surface area contributed by atoms with Crippen LogP contribution in [0.3, 0.4) is 0 Å². The van der Waals surface area contributed by atoms with Crippen LogP contribution in [0.4, 0.5) is 0 Å². The summed E-state index contributed by atoms with van der Waals surface area (Å²) in [6.45, 7) is 0.457. The average Bonchev–Trinajstić information content (AvgIpc) is 3.07. The number of benzene rings is 3. The highest BCUT2D eigenvalue weighted by Gasteiger charge is 2.33. The van der Waals surface area contributed by atoms with Gasteiger partial charge >= 0.3 is 0 Å². The van der Waals surface area contributed by atoms with Gasteiger partial charge in [0.25, 0.3) is 11.8 Å². The number of amides is 2. The first-order valence-electron chi connectivity index (χ1n) is 9.71. The number of hydrazine groups is 1. The Labute approximate surface area is 213 Å². The standard InChI is InChI=1S/C24H16BrClN2O3S2/c25-18-7-1-16(2-8-18)14-31-20-11-3-15(4-12-20)13-21-23(30)28(24(32)33-21)27-22(29)17-5-9-19(26)10-6-17/h1-13H,14H2,(H,27,29)/b21-13+. The van der Waals surface area contributed by atoms with Crippen molar-refractivity contribution in [2.75, 3.05) is 0 Å². The molecular weight excluding hydrogens is 544 g/mol. The van der Waals surface area contributed by atoms with E-state index >= 15 is 0 Å². The minimum Gasteiger partial charge on any atom is -0.489 e. The number of thiocarbonyl (C=S) groups is 1. The van der Waals surface area contributed by atoms with Crippen LogP contribution in [0.5, 0.6) is 5.75 Å². The summed E-state index contributed by atoms with van der Waals surface area (Å²) in [6, 6.07) is 21.7. The number of carbonyl (C=O) groups excluding carboxylic acids is 2. The lowest BCUT2D eigenvalue weighted by atomic mass is 10.2. The van der Waals surface area contributed by atoms with Crippen molar-refractivity contribution in [2.24, 2.45) is 0 Å². The third kappa shape index (κ3) is 6.03. The second-order valence-electron chi connectivity index (χ2n) is 6.95. The molecule has 9 heteroatoms. The van der Waals surface area contributed by atoms with Crippen molar-refractivity contribution in [3.63, 3.8) is 0 Å². The maximum absolute atomic E-state index is 12.8. The molecule has 5 nitrogen and oxygen atoms in total. The number of thioether (sulfide) groups is 1. The zero-order valence-electron chi connectivity index (χ0n) is 17.0. The van der Waals surface area contributed by atoms with Gasteiger partial charge in [-0.05, 0) is 78.0 Å². The molecule has 0 spiro atoms. The summed E-state index contributed by atoms with van der Waals surface area (Å²) in [5, 5.41) is 1.60. The molecule has 1 saturated heterocycles. The molecule has 0 bridgehead atoms. The summed E-state index contributed by atoms with van der Waals surface area (Å²) in [4.78, 5) is 25.6. The van der Waals surface area contributed by atoms with E-state index in [1.165, 1.54) is 0 Å². The Hall–Kier alpha value is -2.65. The Morgan fingerprint density at radius 3 is 2.39 bits per heavy atom. The lowest BCUT2D eigenvalue weighted by Gasteiger charge is -2.15. The molecule has 33 heavy (non-hydrogen) atoms. The van der Waals surface area contributed by atoms with Crippen LogP contribution >= 0.6 is 51.5 Å². The predicted octanol–water partition coefficient (Wildman–Crippen LogP) is 6.23. The lowest BCUT2D eigenvalue weighted by Crippen LogP contribution is -2.44. The quantitative estimate of drug-likeness (QED) is 0.287. The van der Waals surface area contributed by atoms with Crippen molar-refractivity contribution in [1.29, 1.82) is 0 Å². The Morgan fingerprint density at radius 2 is 1.73 bits per heavy atom. The molecule has 0 unspecified atom stereocenters. The number of halogens is 2. The summed E-state index contributed by atoms with van der Waals surface area (Å²) in [6.07, 6.45) is 1.73. The van der Waals surface area contributed by atoms with E-state index in [-0.39, 0.29) is 10.2 Å². The zero-order chi connectivity index (χ0) is 23.4. The topological polar surface area (TPSA) is 58.6 Å². The van der Waals surface area contributed by atoms with Gasteiger partial charge in [0.1, 0.15) is 12.4 Å². The second-order valence-corrected chi connectivity index (χ2v) is 9.98. The normalized spacial score (nSPS) is 14.6. The first-order valence-corrected chi connectivity index (χ1v) is 12.1. The van der Waals surface area contributed by atoms with E-state index < -0.39 is 5.91 Å². The first-order chi connectivity index (χ1) is 15.9. The van der Waals surface area contributed by atoms with Crippen LogP contribution in [0.1, 0.15) is 21.5 Å². The minimum absolute atomic E-state index is 0.253. The van der Waals surface area contributed by atoms with E-state index in [4.69, 9.17) is 28.6 Å². The third-order valence-electron chi connectivity index (χ3n) is 4.61. The Balaban J connectivity index is 1.38. The number of nitrogens with zero attached hydrogens (tertiary/aromatic N) is 1. The Bertz CT molecular complexity index is 1230. The van der Waals surface area contributed by atoms with Gasteiger partial charge in [0.15, 0.2) is 4.32 Å². The molecule has 0 aromatic heterocycles. The summed E-state index contributed by atoms with van der Waals surface area (Å²) in [5.41, 5.74) is 4.80. The lowest BCUT2D eigenvalue weighted by molar-refractivity contribution is -0.123. The first kappa shape index (κ1) is 23.5. The molecule has 166 valence electrons. The van der Waals surface area contributed by atoms with Gasteiger partial charge in [-0.25, -0.2) is 0 Å². The van der Waals surface area contributed by atoms with Crippen molar-refractivity contribution in [1.82, 2.24) is 10.4 Å². The minimum atomic E-state index is -0.448. The Kier molecular flexibility index (Phi) is 7.49. The van der Waals surface area contributed by atoms with Crippen molar-refractivity contribution < 1.29 is 14.3 Å². The predicted molar refractivity (Wildman–Crippen MR) is 139 cm³/mol. The zero-order valence-corrected chi connectivity index (χ0v) is 20.9. The molecule has 3 aromatic rings. The van der Waals surface area contributed by atoms with E-state index in [1.807, 2.05) is 48.5 Å². The molecule has 4 rings (SSSR count). The van der Waals surface area contributed by atoms with Gasteiger partial charge in [0.2, 0.25) is 0 Å². The van der Waals surface area contributed by atoms with Gasteiger partial charge in [0.05, 0.1) is 4.91 Å². The van der Waals surface area contributed by atoms with E-state index in [2.05, 4.69) is 21.4 Å². The van der Waals surface area contributed by atoms with Crippen molar-refractivity contribution >= 4 is 73.7 Å². The summed E-state index contributed by atoms with van der Waals surface area (Å²) < 4.78 is 7.08. The molecule has 0 aliphatic carbocycles. The smallest absolute Gasteiger partial charge is 0.285 e. The van der Waals surface area contributed by atoms with Gasteiger partial charge in [0, 0.05) is 15.1 Å². The number of carbonyl (C=O) groups is 2. The number of hydrogen-bond acceptors (Lipinski definition) is 5. The van der Waals surface area contributed by atoms with Gasteiger partial charge < -0.3 is 4.74 Å². The fraction of sp³-hybridized carbons (Fsp3) is 0.0417. The second kappa shape index (κ2) is 10.5. The fourth-order valence-electron chi connectivity index (χ4n) is 2.89. The molecule has 3 aromatic carbocycles. The molecule has 1 fully saturated rings. The van der Waals surface area contributed by atoms with E-state index in [0.717, 1.165) is 38.1 Å². The highest BCUT2D eigenvalue weighted by atomic mass is 79.9. The average molecular weight is 560 g/mol. The van der Waals surface area contributed by atoms with Gasteiger partial charge in [-0.3, -0.25) is 15.0 Å². The molecule has 2 amide bonds. The maximum atomic E-state index is 12.8. The van der Waals surface area contributed by atoms with Crippen molar-refractivity contribution in [3.05, 3.63) is 104 Å². The molecule has 0 atom stereocenters. The largest absolute Gasteiger partial charge is 0.489 e. The molecule has 1 heterocycles. The van der Waals surface area contributed by atoms with Crippen LogP contribution in [0.15, 0.2) is 82.2 Å². The van der Waals surface area contributed by atoms with Gasteiger partial charge in [-0.1, -0.05) is 63.6 Å². The van der Waals surface area contributed by atoms with Crippen molar-refractivity contribution in [3.8, 4) is 5.75 Å². The van der Waals surface area contributed by atoms with E-state index in [1.54, 1.807) is 30.3 Å². The van der Waals surface area contributed by atoms with Gasteiger partial charge in [-0.2, -0.15) is 5.01 Å². The summed E-state index contributed by atoms with van der Waals surface area (Å²) in [7, 11) is 0. The monoisotopic (exact) mass is 558 g/mol. The molecule has 0 saturated carbocycles. The molecular formula is C24H16BrClN2O3S2. The molecule has 1 N–H and O–H groups in total. The summed E-state index contributed by atoms with van der Waals surface area (Å²) >= 11 is 15.7. The molecule has 1 aliphatic rings. The third-order valence-corrected chi connectivity index (χ3v) is 6.69. The van der Waals surface area contributed by atoms with Crippen LogP contribution in [0, 0.1) is 0 Å². The summed E-state index contributed by atoms with van der Waals surface area (Å²) in [5.74, 6) is -0.114. The number of nitrogens with one attached hydrogen (secondary N) is 1.